The highest BCUT2D eigenvalue weighted by atomic mass is 16.6. The number of hydrogen-bond acceptors (Lipinski definition) is 8. The Morgan fingerprint density at radius 2 is 1.80 bits per heavy atom. The van der Waals surface area contributed by atoms with Crippen LogP contribution in [0, 0.1) is 29.1 Å². The maximum absolute atomic E-state index is 15.0. The average molecular weight is 629 g/mol. The molecule has 1 aromatic carbocycles. The van der Waals surface area contributed by atoms with Crippen molar-refractivity contribution in [1.82, 2.24) is 0 Å². The van der Waals surface area contributed by atoms with Crippen molar-refractivity contribution >= 4 is 18.0 Å². The van der Waals surface area contributed by atoms with Gasteiger partial charge in [0.1, 0.15) is 34.2 Å². The van der Waals surface area contributed by atoms with E-state index in [0.717, 1.165) is 29.5 Å². The lowest BCUT2D eigenvalue weighted by molar-refractivity contribution is -0.214. The zero-order chi connectivity index (χ0) is 32.9. The Kier molecular flexibility index (Phi) is 5.83. The molecule has 8 atom stereocenters. The number of carbonyl (C=O) groups excluding carboxylic acids is 3. The number of aromatic hydroxyl groups is 1. The number of rotatable bonds is 6. The second-order valence-corrected chi connectivity index (χ2v) is 16.4. The molecular formula is C38H44O8. The van der Waals surface area contributed by atoms with Crippen molar-refractivity contribution < 1.29 is 38.4 Å². The van der Waals surface area contributed by atoms with Crippen molar-refractivity contribution in [2.45, 2.75) is 116 Å². The molecule has 9 aliphatic rings. The number of phenolic OH excluding ortho intramolecular Hbond substituents is 1. The lowest BCUT2D eigenvalue weighted by atomic mass is 9.37. The van der Waals surface area contributed by atoms with Gasteiger partial charge in [0, 0.05) is 46.8 Å². The molecule has 8 nitrogen and oxygen atoms in total. The van der Waals surface area contributed by atoms with Crippen LogP contribution < -0.4 is 9.47 Å². The summed E-state index contributed by atoms with van der Waals surface area (Å²) in [5.41, 5.74) is -0.973. The molecule has 244 valence electrons. The number of carbonyl (C=O) groups is 3. The van der Waals surface area contributed by atoms with Gasteiger partial charge >= 0.3 is 0 Å². The first kappa shape index (κ1) is 30.0. The predicted molar refractivity (Wildman–Crippen MR) is 169 cm³/mol. The fourth-order valence-electron chi connectivity index (χ4n) is 11.3. The van der Waals surface area contributed by atoms with Gasteiger partial charge in [0.15, 0.2) is 22.8 Å². The zero-order valence-electron chi connectivity index (χ0n) is 28.0. The molecule has 0 radical (unpaired) electrons. The number of phenols is 1. The van der Waals surface area contributed by atoms with Crippen LogP contribution in [0.4, 0.5) is 0 Å². The molecule has 0 amide bonds. The second-order valence-electron chi connectivity index (χ2n) is 16.4. The van der Waals surface area contributed by atoms with Crippen LogP contribution in [0.15, 0.2) is 35.1 Å². The zero-order valence-corrected chi connectivity index (χ0v) is 28.0. The quantitative estimate of drug-likeness (QED) is 0.211. The number of ether oxygens (including phenoxy) is 4. The molecule has 1 N–H and O–H groups in total. The maximum Gasteiger partial charge on any atom is 0.298 e. The molecule has 1 saturated heterocycles. The van der Waals surface area contributed by atoms with Crippen LogP contribution >= 0.6 is 0 Å². The Hall–Kier alpha value is -3.39. The number of benzene rings is 1. The van der Waals surface area contributed by atoms with Crippen LogP contribution in [0.1, 0.15) is 108 Å². The van der Waals surface area contributed by atoms with Crippen molar-refractivity contribution in [3.05, 3.63) is 51.8 Å². The highest BCUT2D eigenvalue weighted by molar-refractivity contribution is 6.18. The summed E-state index contributed by atoms with van der Waals surface area (Å²) in [5, 5.41) is 12.2. The molecule has 3 aliphatic heterocycles. The van der Waals surface area contributed by atoms with Crippen LogP contribution in [-0.2, 0) is 25.5 Å². The van der Waals surface area contributed by atoms with Crippen LogP contribution in [0.2, 0.25) is 0 Å². The Labute approximate surface area is 270 Å². The molecule has 4 saturated carbocycles. The Balaban J connectivity index is 1.39. The highest BCUT2D eigenvalue weighted by Crippen LogP contribution is 2.76. The van der Waals surface area contributed by atoms with E-state index >= 15 is 0 Å². The van der Waals surface area contributed by atoms with Gasteiger partial charge in [-0.3, -0.25) is 14.4 Å². The van der Waals surface area contributed by atoms with Gasteiger partial charge in [-0.25, -0.2) is 0 Å². The standard InChI is InChI=1S/C38H44O8/c1-18(2)9-10-21-30-26(25-22-12-13-36(8,44-30)32(25)34(22,4)5)29(41)27-28(40)23-15-20-16-24-35(6,7)46-37(33(20)42,14-11-19(3)43-17-39)38(23,24)45-31(21)27/h9,11,15,17,20,22,24-25,32,41H,10,12-14,16H2,1-8H3/t20-,22?,24?,25?,32?,36-,37?,38-/m1/s1. The third-order valence-corrected chi connectivity index (χ3v) is 13.1. The summed E-state index contributed by atoms with van der Waals surface area (Å²) in [6.07, 6.45) is 8.48. The van der Waals surface area contributed by atoms with Gasteiger partial charge in [0.05, 0.1) is 5.60 Å². The average Bonchev–Trinajstić information content (AvgIpc) is 3.12. The third-order valence-electron chi connectivity index (χ3n) is 13.1. The number of ketones is 2. The van der Waals surface area contributed by atoms with Gasteiger partial charge in [-0.15, -0.1) is 0 Å². The van der Waals surface area contributed by atoms with Crippen molar-refractivity contribution in [2.75, 3.05) is 0 Å². The molecule has 8 heteroatoms. The lowest BCUT2D eigenvalue weighted by Gasteiger charge is -2.70. The van der Waals surface area contributed by atoms with E-state index in [1.807, 2.05) is 27.7 Å². The van der Waals surface area contributed by atoms with Crippen LogP contribution in [0.3, 0.4) is 0 Å². The molecule has 3 heterocycles. The monoisotopic (exact) mass is 628 g/mol. The second kappa shape index (κ2) is 8.94. The SMILES string of the molecule is CC(C)=CCc1c2c(c(O)c3c1O[C@]1(C)CCC4C3C1C4(C)C)C(=O)C1=C[C@@H]3CC4C(C)(C)OC(CC=C(C)OC=O)(C3=O)[C@@]14O2. The van der Waals surface area contributed by atoms with Gasteiger partial charge in [0.2, 0.25) is 0 Å². The van der Waals surface area contributed by atoms with Crippen molar-refractivity contribution in [3.63, 3.8) is 0 Å². The Morgan fingerprint density at radius 1 is 1.07 bits per heavy atom. The minimum atomic E-state index is -1.52. The molecule has 46 heavy (non-hydrogen) atoms. The maximum atomic E-state index is 15.0. The summed E-state index contributed by atoms with van der Waals surface area (Å²) >= 11 is 0. The van der Waals surface area contributed by atoms with E-state index in [2.05, 4.69) is 26.8 Å². The molecular weight excluding hydrogens is 584 g/mol. The molecule has 10 rings (SSSR count). The van der Waals surface area contributed by atoms with Crippen LogP contribution in [-0.4, -0.2) is 45.5 Å². The third kappa shape index (κ3) is 3.27. The summed E-state index contributed by atoms with van der Waals surface area (Å²) in [6.45, 7) is 16.8. The molecule has 0 aromatic heterocycles. The van der Waals surface area contributed by atoms with E-state index in [9.17, 15) is 19.5 Å². The van der Waals surface area contributed by atoms with Crippen molar-refractivity contribution in [2.24, 2.45) is 29.1 Å². The van der Waals surface area contributed by atoms with Crippen LogP contribution in [0.5, 0.6) is 17.2 Å². The van der Waals surface area contributed by atoms with Crippen LogP contribution in [0.25, 0.3) is 0 Å². The molecule has 5 fully saturated rings. The van der Waals surface area contributed by atoms with E-state index in [-0.39, 0.29) is 52.5 Å². The Bertz CT molecular complexity index is 1740. The predicted octanol–water partition coefficient (Wildman–Crippen LogP) is 6.68. The highest BCUT2D eigenvalue weighted by Gasteiger charge is 2.81. The largest absolute Gasteiger partial charge is 0.507 e. The lowest BCUT2D eigenvalue weighted by Crippen LogP contribution is -2.72. The van der Waals surface area contributed by atoms with E-state index in [1.165, 1.54) is 0 Å². The van der Waals surface area contributed by atoms with Gasteiger partial charge in [-0.1, -0.05) is 31.6 Å². The molecule has 5 unspecified atom stereocenters. The summed E-state index contributed by atoms with van der Waals surface area (Å²) in [6, 6.07) is 0. The van der Waals surface area contributed by atoms with Crippen molar-refractivity contribution in [3.8, 4) is 17.2 Å². The fourth-order valence-corrected chi connectivity index (χ4v) is 11.3. The summed E-state index contributed by atoms with van der Waals surface area (Å²) in [4.78, 5) is 40.5. The van der Waals surface area contributed by atoms with E-state index < -0.39 is 28.3 Å². The fraction of sp³-hybridized carbons (Fsp3) is 0.605. The smallest absolute Gasteiger partial charge is 0.298 e. The minimum Gasteiger partial charge on any atom is -0.507 e. The normalized spacial score (nSPS) is 39.5. The molecule has 1 spiro atoms. The van der Waals surface area contributed by atoms with E-state index in [4.69, 9.17) is 18.9 Å². The van der Waals surface area contributed by atoms with Crippen molar-refractivity contribution in [1.29, 1.82) is 0 Å². The molecule has 8 bridgehead atoms. The first-order chi connectivity index (χ1) is 21.6. The molecule has 6 aliphatic carbocycles. The Morgan fingerprint density at radius 3 is 2.48 bits per heavy atom. The van der Waals surface area contributed by atoms with Gasteiger partial charge in [0.25, 0.3) is 6.47 Å². The summed E-state index contributed by atoms with van der Waals surface area (Å²) < 4.78 is 26.2. The topological polar surface area (TPSA) is 108 Å². The number of allylic oxidation sites excluding steroid dienone is 4. The van der Waals surface area contributed by atoms with Gasteiger partial charge in [-0.2, -0.15) is 0 Å². The van der Waals surface area contributed by atoms with Gasteiger partial charge < -0.3 is 24.1 Å². The van der Waals surface area contributed by atoms with E-state index in [0.29, 0.717) is 48.1 Å². The minimum absolute atomic E-state index is 0.0457. The van der Waals surface area contributed by atoms with E-state index in [1.54, 1.807) is 19.1 Å². The summed E-state index contributed by atoms with van der Waals surface area (Å²) in [7, 11) is 0. The first-order valence-corrected chi connectivity index (χ1v) is 16.8. The number of Topliss-reactive ketones (excluding diaryl/α,β-unsaturated/α-hetero) is 2. The van der Waals surface area contributed by atoms with Gasteiger partial charge in [-0.05, 0) is 84.6 Å². The first-order valence-electron chi connectivity index (χ1n) is 16.8. The summed E-state index contributed by atoms with van der Waals surface area (Å²) in [5.74, 6) is 0.590. The number of hydrogen-bond donors (Lipinski definition) is 1. The number of fused-ring (bicyclic) bond motifs is 3. The molecule has 1 aromatic rings.